The minimum atomic E-state index is -4.05. The molecule has 1 atom stereocenters. The predicted molar refractivity (Wildman–Crippen MR) is 209 cm³/mol. The van der Waals surface area contributed by atoms with Crippen LogP contribution < -0.4 is 24.0 Å². The quantitative estimate of drug-likeness (QED) is 0.146. The van der Waals surface area contributed by atoms with E-state index in [0.29, 0.717) is 11.8 Å². The summed E-state index contributed by atoms with van der Waals surface area (Å²) in [5.41, 5.74) is 11.2. The Morgan fingerprint density at radius 1 is 0.711 bits per heavy atom. The normalized spacial score (nSPS) is 16.8. The van der Waals surface area contributed by atoms with E-state index >= 15 is 0 Å². The molecule has 0 radical (unpaired) electrons. The van der Waals surface area contributed by atoms with Crippen LogP contribution in [0.3, 0.4) is 0 Å². The number of fused-ring (bicyclic) bond motifs is 4. The first-order chi connectivity index (χ1) is 21.0. The van der Waals surface area contributed by atoms with E-state index in [4.69, 9.17) is 17.0 Å². The fourth-order valence-electron chi connectivity index (χ4n) is 7.46. The maximum atomic E-state index is 8.00. The Hall–Kier alpha value is -1.27. The van der Waals surface area contributed by atoms with Crippen LogP contribution in [0.2, 0.25) is 39.3 Å². The van der Waals surface area contributed by atoms with Crippen molar-refractivity contribution in [1.82, 2.24) is 0 Å². The summed E-state index contributed by atoms with van der Waals surface area (Å²) in [6.07, 6.45) is 2.52. The molecule has 0 amide bonds. The Labute approximate surface area is 288 Å². The molecule has 1 aliphatic carbocycles. The van der Waals surface area contributed by atoms with E-state index in [1.165, 1.54) is 58.2 Å². The van der Waals surface area contributed by atoms with Gasteiger partial charge in [0.2, 0.25) is 0 Å². The zero-order valence-corrected chi connectivity index (χ0v) is 36.1. The molecule has 6 rings (SSSR count). The molecule has 0 aromatic heterocycles. The molecule has 0 nitrogen and oxygen atoms in total. The number of rotatable bonds is 7. The van der Waals surface area contributed by atoms with Gasteiger partial charge in [-0.25, -0.2) is 0 Å². The van der Waals surface area contributed by atoms with Gasteiger partial charge < -0.3 is 0 Å². The molecule has 234 valence electrons. The molecule has 0 N–H and O–H groups in total. The standard InChI is InChI=1S/C27H39Si2.C12H9Si.2ClH.Zr/c1-18(2)21-13-20-11-12-25(19(3)4)27(26(20)16-21)22-14-23(28(5,6)7)17-24(15-22)29(8,9)10;1-3-7-11-9(5-1)10-6-2-4-8-12(10)13-11;;;/h11-19H,1-10H3;1-7H,13H2;2*1H;/q;;;;+2/p-2. The van der Waals surface area contributed by atoms with Gasteiger partial charge in [-0.3, -0.25) is 0 Å². The molecule has 1 heterocycles. The summed E-state index contributed by atoms with van der Waals surface area (Å²) in [7, 11) is 12.3. The van der Waals surface area contributed by atoms with E-state index in [2.05, 4.69) is 146 Å². The van der Waals surface area contributed by atoms with Gasteiger partial charge in [-0.2, -0.15) is 0 Å². The zero-order valence-electron chi connectivity index (χ0n) is 28.7. The van der Waals surface area contributed by atoms with Gasteiger partial charge in [-0.1, -0.05) is 0 Å². The number of hydrogen-bond donors (Lipinski definition) is 0. The summed E-state index contributed by atoms with van der Waals surface area (Å²) < 4.78 is 1.41. The molecule has 45 heavy (non-hydrogen) atoms. The molecule has 4 aromatic carbocycles. The van der Waals surface area contributed by atoms with Crippen molar-refractivity contribution >= 4 is 72.8 Å². The fourth-order valence-corrected chi connectivity index (χ4v) is 27.0. The first-order valence-electron chi connectivity index (χ1n) is 16.6. The average molecular weight is 763 g/mol. The second-order valence-corrected chi connectivity index (χ2v) is 42.0. The molecule has 0 bridgehead atoms. The van der Waals surface area contributed by atoms with Gasteiger partial charge in [-0.15, -0.1) is 0 Å². The van der Waals surface area contributed by atoms with Gasteiger partial charge in [0.05, 0.1) is 0 Å². The number of allylic oxidation sites excluding steroid dienone is 1. The summed E-state index contributed by atoms with van der Waals surface area (Å²) in [5, 5.41) is 6.13. The fraction of sp³-hybridized carbons (Fsp3) is 0.333. The monoisotopic (exact) mass is 760 g/mol. The van der Waals surface area contributed by atoms with Gasteiger partial charge in [-0.05, 0) is 0 Å². The van der Waals surface area contributed by atoms with Crippen LogP contribution in [-0.4, -0.2) is 25.7 Å². The zero-order chi connectivity index (χ0) is 32.6. The molecule has 0 saturated carbocycles. The first kappa shape index (κ1) is 33.6. The van der Waals surface area contributed by atoms with Crippen LogP contribution in [0.5, 0.6) is 0 Å². The van der Waals surface area contributed by atoms with Crippen molar-refractivity contribution in [2.75, 3.05) is 0 Å². The third-order valence-corrected chi connectivity index (χ3v) is 28.4. The van der Waals surface area contributed by atoms with Crippen LogP contribution in [0, 0.1) is 5.92 Å². The third-order valence-electron chi connectivity index (χ3n) is 10.1. The van der Waals surface area contributed by atoms with E-state index in [-0.39, 0.29) is 3.63 Å². The minimum absolute atomic E-state index is 0.0958. The summed E-state index contributed by atoms with van der Waals surface area (Å²) in [6.45, 7) is 24.2. The second-order valence-electron chi connectivity index (χ2n) is 16.0. The SMILES string of the molecule is CC(C)C1=Cc2c(ccc(C(C)C)c2-c2cc([Si](C)(C)C)cc([Si](C)(C)C)c2)[CH]1[Zr]([Cl])([Cl])[c]1cccc2c1[SiH2]c1ccccc1-2. The molecule has 1 aliphatic heterocycles. The topological polar surface area (TPSA) is 0 Å². The Bertz CT molecular complexity index is 1810. The molecule has 0 saturated heterocycles. The molecular weight excluding hydrogens is 715 g/mol. The molecule has 0 spiro atoms. The van der Waals surface area contributed by atoms with Crippen LogP contribution >= 0.6 is 17.0 Å². The molecule has 6 heteroatoms. The Kier molecular flexibility index (Phi) is 8.97. The second kappa shape index (κ2) is 12.0. The number of hydrogen-bond acceptors (Lipinski definition) is 0. The number of benzene rings is 4. The third kappa shape index (κ3) is 6.00. The van der Waals surface area contributed by atoms with Crippen molar-refractivity contribution < 1.29 is 17.9 Å². The maximum absolute atomic E-state index is 8.00. The first-order valence-corrected chi connectivity index (χ1v) is 34.0. The van der Waals surface area contributed by atoms with Crippen molar-refractivity contribution in [3.8, 4) is 22.3 Å². The van der Waals surface area contributed by atoms with Crippen LogP contribution in [0.25, 0.3) is 28.3 Å². The molecule has 4 aromatic rings. The van der Waals surface area contributed by atoms with E-state index < -0.39 is 43.5 Å². The van der Waals surface area contributed by atoms with E-state index in [1.807, 2.05) is 0 Å². The van der Waals surface area contributed by atoms with E-state index in [9.17, 15) is 0 Å². The van der Waals surface area contributed by atoms with Crippen LogP contribution in [0.1, 0.15) is 53.9 Å². The Morgan fingerprint density at radius 3 is 1.93 bits per heavy atom. The van der Waals surface area contributed by atoms with Crippen molar-refractivity contribution in [2.45, 2.75) is 76.5 Å². The van der Waals surface area contributed by atoms with Gasteiger partial charge in [0.25, 0.3) is 0 Å². The van der Waals surface area contributed by atoms with Crippen molar-refractivity contribution in [2.24, 2.45) is 5.92 Å². The Balaban J connectivity index is 1.59. The van der Waals surface area contributed by atoms with Crippen LogP contribution in [-0.2, 0) is 17.9 Å². The van der Waals surface area contributed by atoms with Crippen LogP contribution in [0.4, 0.5) is 0 Å². The van der Waals surface area contributed by atoms with Gasteiger partial charge in [0, 0.05) is 0 Å². The van der Waals surface area contributed by atoms with Gasteiger partial charge in [0.15, 0.2) is 0 Å². The average Bonchev–Trinajstić information content (AvgIpc) is 3.55. The summed E-state index contributed by atoms with van der Waals surface area (Å²) in [5.74, 6) is 0.775. The van der Waals surface area contributed by atoms with E-state index in [0.717, 1.165) is 0 Å². The molecule has 1 unspecified atom stereocenters. The van der Waals surface area contributed by atoms with Gasteiger partial charge in [0.1, 0.15) is 0 Å². The van der Waals surface area contributed by atoms with Crippen molar-refractivity contribution in [3.05, 3.63) is 95.1 Å². The van der Waals surface area contributed by atoms with Crippen molar-refractivity contribution in [3.63, 3.8) is 0 Å². The summed E-state index contributed by atoms with van der Waals surface area (Å²) in [6, 6.07) is 28.2. The molecule has 2 aliphatic rings. The Morgan fingerprint density at radius 2 is 1.33 bits per heavy atom. The molecular formula is C39H48Cl2Si3Zr. The van der Waals surface area contributed by atoms with E-state index in [1.54, 1.807) is 10.4 Å². The van der Waals surface area contributed by atoms with Gasteiger partial charge >= 0.3 is 290 Å². The number of halogens is 2. The van der Waals surface area contributed by atoms with Crippen LogP contribution in [0.15, 0.2) is 78.4 Å². The predicted octanol–water partition coefficient (Wildman–Crippen LogP) is 8.55. The molecule has 0 fully saturated rings. The summed E-state index contributed by atoms with van der Waals surface area (Å²) >= 11 is -4.05. The van der Waals surface area contributed by atoms with Crippen molar-refractivity contribution in [1.29, 1.82) is 0 Å². The summed E-state index contributed by atoms with van der Waals surface area (Å²) in [4.78, 5) is 0.